The third-order valence-corrected chi connectivity index (χ3v) is 2.84. The predicted octanol–water partition coefficient (Wildman–Crippen LogP) is 3.18. The first kappa shape index (κ1) is 15.3. The molecule has 1 aromatic rings. The van der Waals surface area contributed by atoms with Crippen molar-refractivity contribution in [2.75, 3.05) is 6.61 Å². The van der Waals surface area contributed by atoms with E-state index in [9.17, 15) is 5.11 Å². The van der Waals surface area contributed by atoms with Crippen LogP contribution in [0, 0.1) is 5.92 Å². The fourth-order valence-corrected chi connectivity index (χ4v) is 1.77. The third-order valence-electron chi connectivity index (χ3n) is 2.54. The van der Waals surface area contributed by atoms with Crippen LogP contribution in [-0.2, 0) is 0 Å². The second-order valence-electron chi connectivity index (χ2n) is 5.51. The summed E-state index contributed by atoms with van der Waals surface area (Å²) in [6.45, 7) is 7.54. The molecule has 0 aliphatic heterocycles. The molecule has 2 N–H and O–H groups in total. The lowest BCUT2D eigenvalue weighted by Crippen LogP contribution is -2.23. The number of benzene rings is 1. The highest BCUT2D eigenvalue weighted by molar-refractivity contribution is 6.32. The smallest absolute Gasteiger partial charge is 0.138 e. The summed E-state index contributed by atoms with van der Waals surface area (Å²) in [6.07, 6.45) is -0.726. The fourth-order valence-electron chi connectivity index (χ4n) is 1.54. The van der Waals surface area contributed by atoms with Crippen LogP contribution in [0.3, 0.4) is 0 Å². The summed E-state index contributed by atoms with van der Waals surface area (Å²) < 4.78 is 5.69. The van der Waals surface area contributed by atoms with Gasteiger partial charge >= 0.3 is 0 Å². The molecular formula is C14H21ClO3. The van der Waals surface area contributed by atoms with E-state index in [4.69, 9.17) is 21.4 Å². The highest BCUT2D eigenvalue weighted by atomic mass is 35.5. The SMILES string of the molecule is C[C@H](CO)[C@H](O)c1ccc(OC(C)(C)C)c(Cl)c1. The van der Waals surface area contributed by atoms with Crippen LogP contribution in [0.5, 0.6) is 5.75 Å². The molecule has 0 unspecified atom stereocenters. The highest BCUT2D eigenvalue weighted by Crippen LogP contribution is 2.32. The molecule has 3 nitrogen and oxygen atoms in total. The predicted molar refractivity (Wildman–Crippen MR) is 73.0 cm³/mol. The summed E-state index contributed by atoms with van der Waals surface area (Å²) in [6, 6.07) is 5.19. The van der Waals surface area contributed by atoms with Crippen LogP contribution < -0.4 is 4.74 Å². The first-order valence-corrected chi connectivity index (χ1v) is 6.40. The van der Waals surface area contributed by atoms with Gasteiger partial charge in [0.1, 0.15) is 11.4 Å². The van der Waals surface area contributed by atoms with E-state index in [1.165, 1.54) is 0 Å². The Morgan fingerprint density at radius 3 is 2.39 bits per heavy atom. The molecule has 1 aromatic carbocycles. The molecule has 1 rings (SSSR count). The zero-order valence-corrected chi connectivity index (χ0v) is 12.0. The van der Waals surface area contributed by atoms with Crippen LogP contribution >= 0.6 is 11.6 Å². The molecule has 0 aliphatic carbocycles. The quantitative estimate of drug-likeness (QED) is 0.885. The van der Waals surface area contributed by atoms with Gasteiger partial charge in [0.15, 0.2) is 0 Å². The van der Waals surface area contributed by atoms with Gasteiger partial charge in [0.25, 0.3) is 0 Å². The van der Waals surface area contributed by atoms with E-state index in [1.807, 2.05) is 20.8 Å². The number of hydrogen-bond donors (Lipinski definition) is 2. The largest absolute Gasteiger partial charge is 0.487 e. The lowest BCUT2D eigenvalue weighted by molar-refractivity contribution is 0.0769. The molecule has 2 atom stereocenters. The second kappa shape index (κ2) is 5.91. The maximum Gasteiger partial charge on any atom is 0.138 e. The van der Waals surface area contributed by atoms with Crippen molar-refractivity contribution in [3.63, 3.8) is 0 Å². The monoisotopic (exact) mass is 272 g/mol. The number of hydrogen-bond acceptors (Lipinski definition) is 3. The molecule has 0 bridgehead atoms. The Balaban J connectivity index is 2.92. The van der Waals surface area contributed by atoms with E-state index in [2.05, 4.69) is 0 Å². The van der Waals surface area contributed by atoms with Gasteiger partial charge in [0, 0.05) is 12.5 Å². The van der Waals surface area contributed by atoms with Crippen molar-refractivity contribution >= 4 is 11.6 Å². The molecule has 0 radical (unpaired) electrons. The molecule has 0 heterocycles. The molecule has 0 amide bonds. The van der Waals surface area contributed by atoms with Crippen molar-refractivity contribution in [1.29, 1.82) is 0 Å². The number of rotatable bonds is 4. The minimum absolute atomic E-state index is 0.0704. The highest BCUT2D eigenvalue weighted by Gasteiger charge is 2.19. The lowest BCUT2D eigenvalue weighted by atomic mass is 9.98. The molecule has 18 heavy (non-hydrogen) atoms. The van der Waals surface area contributed by atoms with Crippen LogP contribution in [0.4, 0.5) is 0 Å². The molecule has 0 spiro atoms. The first-order valence-electron chi connectivity index (χ1n) is 6.02. The zero-order chi connectivity index (χ0) is 13.9. The topological polar surface area (TPSA) is 49.7 Å². The van der Waals surface area contributed by atoms with Crippen molar-refractivity contribution in [1.82, 2.24) is 0 Å². The molecule has 102 valence electrons. The van der Waals surface area contributed by atoms with Crippen LogP contribution in [0.25, 0.3) is 0 Å². The maximum absolute atomic E-state index is 9.98. The number of aliphatic hydroxyl groups excluding tert-OH is 2. The van der Waals surface area contributed by atoms with Crippen LogP contribution in [0.1, 0.15) is 39.4 Å². The van der Waals surface area contributed by atoms with Gasteiger partial charge in [-0.1, -0.05) is 24.6 Å². The summed E-state index contributed by atoms with van der Waals surface area (Å²) in [7, 11) is 0. The Labute approximate surface area is 113 Å². The van der Waals surface area contributed by atoms with Gasteiger partial charge in [-0.05, 0) is 38.5 Å². The van der Waals surface area contributed by atoms with E-state index >= 15 is 0 Å². The van der Waals surface area contributed by atoms with Gasteiger partial charge in [-0.25, -0.2) is 0 Å². The summed E-state index contributed by atoms with van der Waals surface area (Å²) in [5.74, 6) is 0.368. The van der Waals surface area contributed by atoms with E-state index in [1.54, 1.807) is 25.1 Å². The Bertz CT molecular complexity index is 399. The molecule has 4 heteroatoms. The average Bonchev–Trinajstić information content (AvgIpc) is 2.28. The summed E-state index contributed by atoms with van der Waals surface area (Å²) in [5, 5.41) is 19.5. The molecule has 0 saturated heterocycles. The van der Waals surface area contributed by atoms with E-state index in [-0.39, 0.29) is 18.1 Å². The molecule has 0 aromatic heterocycles. The normalized spacial score (nSPS) is 15.3. The van der Waals surface area contributed by atoms with Gasteiger partial charge in [0.05, 0.1) is 11.1 Å². The average molecular weight is 273 g/mol. The Kier molecular flexibility index (Phi) is 5.02. The first-order chi connectivity index (χ1) is 8.24. The van der Waals surface area contributed by atoms with Gasteiger partial charge < -0.3 is 14.9 Å². The van der Waals surface area contributed by atoms with Gasteiger partial charge in [0.2, 0.25) is 0 Å². The van der Waals surface area contributed by atoms with Crippen LogP contribution in [0.15, 0.2) is 18.2 Å². The maximum atomic E-state index is 9.98. The van der Waals surface area contributed by atoms with Crippen molar-refractivity contribution in [3.05, 3.63) is 28.8 Å². The molecular weight excluding hydrogens is 252 g/mol. The number of aliphatic hydroxyl groups is 2. The molecule has 0 fully saturated rings. The number of ether oxygens (including phenoxy) is 1. The minimum Gasteiger partial charge on any atom is -0.487 e. The van der Waals surface area contributed by atoms with Gasteiger partial charge in [-0.2, -0.15) is 0 Å². The van der Waals surface area contributed by atoms with E-state index in [0.717, 1.165) is 0 Å². The summed E-state index contributed by atoms with van der Waals surface area (Å²) in [4.78, 5) is 0. The Hall–Kier alpha value is -0.770. The van der Waals surface area contributed by atoms with Crippen molar-refractivity contribution < 1.29 is 14.9 Å². The van der Waals surface area contributed by atoms with E-state index < -0.39 is 6.10 Å². The Morgan fingerprint density at radius 1 is 1.33 bits per heavy atom. The standard InChI is InChI=1S/C14H21ClO3/c1-9(8-16)13(17)10-5-6-12(11(15)7-10)18-14(2,3)4/h5-7,9,13,16-17H,8H2,1-4H3/t9-,13+/m1/s1. The van der Waals surface area contributed by atoms with Crippen molar-refractivity contribution in [3.8, 4) is 5.75 Å². The van der Waals surface area contributed by atoms with Gasteiger partial charge in [-0.15, -0.1) is 0 Å². The Morgan fingerprint density at radius 2 is 1.94 bits per heavy atom. The third kappa shape index (κ3) is 4.16. The van der Waals surface area contributed by atoms with Crippen molar-refractivity contribution in [2.24, 2.45) is 5.92 Å². The van der Waals surface area contributed by atoms with Crippen LogP contribution in [-0.4, -0.2) is 22.4 Å². The zero-order valence-electron chi connectivity index (χ0n) is 11.3. The minimum atomic E-state index is -0.726. The number of halogens is 1. The summed E-state index contributed by atoms with van der Waals surface area (Å²) >= 11 is 6.13. The fraction of sp³-hybridized carbons (Fsp3) is 0.571. The van der Waals surface area contributed by atoms with Crippen molar-refractivity contribution in [2.45, 2.75) is 39.4 Å². The van der Waals surface area contributed by atoms with Gasteiger partial charge in [-0.3, -0.25) is 0 Å². The van der Waals surface area contributed by atoms with E-state index in [0.29, 0.717) is 16.3 Å². The van der Waals surface area contributed by atoms with Crippen LogP contribution in [0.2, 0.25) is 5.02 Å². The second-order valence-corrected chi connectivity index (χ2v) is 5.92. The molecule has 0 saturated carbocycles. The molecule has 0 aliphatic rings. The lowest BCUT2D eigenvalue weighted by Gasteiger charge is -2.23. The summed E-state index contributed by atoms with van der Waals surface area (Å²) in [5.41, 5.74) is 0.366.